The SMILES string of the molecule is Cc1ccc(C(=O)Nc2ccc3ncccc3c2)cc1NS(C)(=O)=O. The largest absolute Gasteiger partial charge is 0.322 e. The fourth-order valence-electron chi connectivity index (χ4n) is 2.43. The van der Waals surface area contributed by atoms with Crippen molar-refractivity contribution in [2.24, 2.45) is 0 Å². The number of fused-ring (bicyclic) bond motifs is 1. The predicted octanol–water partition coefficient (Wildman–Crippen LogP) is 3.17. The van der Waals surface area contributed by atoms with E-state index in [2.05, 4.69) is 15.0 Å². The first-order chi connectivity index (χ1) is 11.8. The van der Waals surface area contributed by atoms with Gasteiger partial charge in [-0.25, -0.2) is 8.42 Å². The van der Waals surface area contributed by atoms with Crippen LogP contribution in [0, 0.1) is 6.92 Å². The Hall–Kier alpha value is -2.93. The summed E-state index contributed by atoms with van der Waals surface area (Å²) in [5.74, 6) is -0.320. The van der Waals surface area contributed by atoms with E-state index in [1.807, 2.05) is 24.3 Å². The highest BCUT2D eigenvalue weighted by Crippen LogP contribution is 2.21. The number of anilines is 2. The zero-order valence-corrected chi connectivity index (χ0v) is 14.6. The normalized spacial score (nSPS) is 11.3. The van der Waals surface area contributed by atoms with Crippen LogP contribution in [0.4, 0.5) is 11.4 Å². The minimum atomic E-state index is -3.41. The smallest absolute Gasteiger partial charge is 0.255 e. The second-order valence-electron chi connectivity index (χ2n) is 5.77. The molecule has 1 heterocycles. The fourth-order valence-corrected chi connectivity index (χ4v) is 3.05. The molecule has 1 amide bonds. The van der Waals surface area contributed by atoms with Crippen molar-refractivity contribution in [2.45, 2.75) is 6.92 Å². The Morgan fingerprint density at radius 3 is 2.64 bits per heavy atom. The highest BCUT2D eigenvalue weighted by atomic mass is 32.2. The van der Waals surface area contributed by atoms with Gasteiger partial charge in [0.1, 0.15) is 0 Å². The molecule has 0 unspecified atom stereocenters. The molecule has 0 radical (unpaired) electrons. The first kappa shape index (κ1) is 16.9. The molecule has 0 bridgehead atoms. The Morgan fingerprint density at radius 1 is 1.08 bits per heavy atom. The fraction of sp³-hybridized carbons (Fsp3) is 0.111. The van der Waals surface area contributed by atoms with Crippen LogP contribution in [0.2, 0.25) is 0 Å². The van der Waals surface area contributed by atoms with Crippen LogP contribution in [-0.2, 0) is 10.0 Å². The van der Waals surface area contributed by atoms with Crippen LogP contribution in [0.15, 0.2) is 54.7 Å². The number of carbonyl (C=O) groups excluding carboxylic acids is 1. The maximum absolute atomic E-state index is 12.5. The molecule has 3 rings (SSSR count). The number of hydrogen-bond donors (Lipinski definition) is 2. The summed E-state index contributed by atoms with van der Waals surface area (Å²) in [6, 6.07) is 14.1. The number of nitrogens with one attached hydrogen (secondary N) is 2. The maximum atomic E-state index is 12.5. The van der Waals surface area contributed by atoms with Gasteiger partial charge in [-0.05, 0) is 48.9 Å². The molecule has 0 atom stereocenters. The van der Waals surface area contributed by atoms with Crippen molar-refractivity contribution in [3.63, 3.8) is 0 Å². The second-order valence-corrected chi connectivity index (χ2v) is 7.52. The Kier molecular flexibility index (Phi) is 4.41. The van der Waals surface area contributed by atoms with E-state index >= 15 is 0 Å². The Bertz CT molecular complexity index is 1060. The topological polar surface area (TPSA) is 88.2 Å². The number of carbonyl (C=O) groups is 1. The van der Waals surface area contributed by atoms with Gasteiger partial charge in [0.05, 0.1) is 17.5 Å². The highest BCUT2D eigenvalue weighted by molar-refractivity contribution is 7.92. The van der Waals surface area contributed by atoms with Gasteiger partial charge in [0.25, 0.3) is 5.91 Å². The molecule has 25 heavy (non-hydrogen) atoms. The third kappa shape index (κ3) is 4.13. The Balaban J connectivity index is 1.86. The van der Waals surface area contributed by atoms with Crippen LogP contribution < -0.4 is 10.0 Å². The van der Waals surface area contributed by atoms with E-state index in [0.717, 1.165) is 22.7 Å². The number of rotatable bonds is 4. The molecule has 3 aromatic rings. The van der Waals surface area contributed by atoms with Gasteiger partial charge in [-0.1, -0.05) is 12.1 Å². The lowest BCUT2D eigenvalue weighted by atomic mass is 10.1. The Labute approximate surface area is 146 Å². The maximum Gasteiger partial charge on any atom is 0.255 e. The van der Waals surface area contributed by atoms with Crippen molar-refractivity contribution in [1.82, 2.24) is 4.98 Å². The summed E-state index contributed by atoms with van der Waals surface area (Å²) in [5, 5.41) is 3.74. The van der Waals surface area contributed by atoms with Crippen LogP contribution >= 0.6 is 0 Å². The number of benzene rings is 2. The molecule has 128 valence electrons. The number of nitrogens with zero attached hydrogens (tertiary/aromatic N) is 1. The standard InChI is InChI=1S/C18H17N3O3S/c1-12-5-6-14(11-17(12)21-25(2,23)24)18(22)20-15-7-8-16-13(10-15)4-3-9-19-16/h3-11,21H,1-2H3,(H,20,22). The molecule has 2 N–H and O–H groups in total. The van der Waals surface area contributed by atoms with Crippen molar-refractivity contribution in [3.05, 3.63) is 65.9 Å². The number of amides is 1. The van der Waals surface area contributed by atoms with E-state index in [1.165, 1.54) is 6.07 Å². The van der Waals surface area contributed by atoms with Crippen molar-refractivity contribution in [2.75, 3.05) is 16.3 Å². The average Bonchev–Trinajstić information content (AvgIpc) is 2.55. The Morgan fingerprint density at radius 2 is 1.88 bits per heavy atom. The van der Waals surface area contributed by atoms with E-state index in [0.29, 0.717) is 16.9 Å². The van der Waals surface area contributed by atoms with Gasteiger partial charge in [-0.2, -0.15) is 0 Å². The van der Waals surface area contributed by atoms with Gasteiger partial charge in [0, 0.05) is 22.8 Å². The average molecular weight is 355 g/mol. The highest BCUT2D eigenvalue weighted by Gasteiger charge is 2.11. The van der Waals surface area contributed by atoms with E-state index in [1.54, 1.807) is 31.3 Å². The third-order valence-electron chi connectivity index (χ3n) is 3.66. The second kappa shape index (κ2) is 6.52. The summed E-state index contributed by atoms with van der Waals surface area (Å²) in [4.78, 5) is 16.7. The third-order valence-corrected chi connectivity index (χ3v) is 4.25. The number of sulfonamides is 1. The number of aromatic nitrogens is 1. The monoisotopic (exact) mass is 355 g/mol. The van der Waals surface area contributed by atoms with E-state index in [-0.39, 0.29) is 5.91 Å². The zero-order valence-electron chi connectivity index (χ0n) is 13.8. The van der Waals surface area contributed by atoms with Crippen LogP contribution in [0.5, 0.6) is 0 Å². The summed E-state index contributed by atoms with van der Waals surface area (Å²) in [7, 11) is -3.41. The summed E-state index contributed by atoms with van der Waals surface area (Å²) >= 11 is 0. The molecule has 0 aliphatic rings. The molecule has 0 saturated heterocycles. The summed E-state index contributed by atoms with van der Waals surface area (Å²) in [6.07, 6.45) is 2.78. The van der Waals surface area contributed by atoms with Crippen molar-refractivity contribution >= 4 is 38.2 Å². The van der Waals surface area contributed by atoms with Crippen LogP contribution in [0.25, 0.3) is 10.9 Å². The first-order valence-electron chi connectivity index (χ1n) is 7.56. The van der Waals surface area contributed by atoms with Gasteiger partial charge >= 0.3 is 0 Å². The van der Waals surface area contributed by atoms with E-state index in [4.69, 9.17) is 0 Å². The lowest BCUT2D eigenvalue weighted by Gasteiger charge is -2.11. The molecule has 0 saturated carbocycles. The minimum absolute atomic E-state index is 0.320. The van der Waals surface area contributed by atoms with Crippen LogP contribution in [0.3, 0.4) is 0 Å². The lowest BCUT2D eigenvalue weighted by Crippen LogP contribution is -2.14. The molecule has 0 aliphatic heterocycles. The number of pyridine rings is 1. The molecule has 1 aromatic heterocycles. The van der Waals surface area contributed by atoms with Gasteiger partial charge in [-0.3, -0.25) is 14.5 Å². The summed E-state index contributed by atoms with van der Waals surface area (Å²) in [5.41, 5.74) is 2.97. The molecule has 6 nitrogen and oxygen atoms in total. The molecule has 0 spiro atoms. The lowest BCUT2D eigenvalue weighted by molar-refractivity contribution is 0.102. The van der Waals surface area contributed by atoms with Gasteiger partial charge in [0.2, 0.25) is 10.0 Å². The van der Waals surface area contributed by atoms with E-state index in [9.17, 15) is 13.2 Å². The zero-order chi connectivity index (χ0) is 18.0. The van der Waals surface area contributed by atoms with Gasteiger partial charge in [0.15, 0.2) is 0 Å². The summed E-state index contributed by atoms with van der Waals surface area (Å²) < 4.78 is 25.3. The number of hydrogen-bond acceptors (Lipinski definition) is 4. The van der Waals surface area contributed by atoms with Gasteiger partial charge in [-0.15, -0.1) is 0 Å². The van der Waals surface area contributed by atoms with Crippen molar-refractivity contribution in [1.29, 1.82) is 0 Å². The minimum Gasteiger partial charge on any atom is -0.322 e. The van der Waals surface area contributed by atoms with Crippen molar-refractivity contribution in [3.8, 4) is 0 Å². The van der Waals surface area contributed by atoms with Gasteiger partial charge < -0.3 is 5.32 Å². The molecule has 0 aliphatic carbocycles. The predicted molar refractivity (Wildman–Crippen MR) is 99.3 cm³/mol. The summed E-state index contributed by atoms with van der Waals surface area (Å²) in [6.45, 7) is 1.77. The van der Waals surface area contributed by atoms with Crippen LogP contribution in [-0.4, -0.2) is 25.6 Å². The van der Waals surface area contributed by atoms with Crippen molar-refractivity contribution < 1.29 is 13.2 Å². The molecule has 0 fully saturated rings. The van der Waals surface area contributed by atoms with Crippen LogP contribution in [0.1, 0.15) is 15.9 Å². The van der Waals surface area contributed by atoms with E-state index < -0.39 is 10.0 Å². The number of aryl methyl sites for hydroxylation is 1. The molecule has 2 aromatic carbocycles. The quantitative estimate of drug-likeness (QED) is 0.752. The first-order valence-corrected chi connectivity index (χ1v) is 9.45. The molecular formula is C18H17N3O3S. The molecule has 7 heteroatoms. The molecular weight excluding hydrogens is 338 g/mol.